The van der Waals surface area contributed by atoms with Crippen LogP contribution in [0.5, 0.6) is 5.75 Å². The Balaban J connectivity index is 3.36. The predicted molar refractivity (Wildman–Crippen MR) is 248 cm³/mol. The number of nitrogens with zero attached hydrogens (tertiary/aromatic N) is 1. The minimum atomic E-state index is -1.77. The van der Waals surface area contributed by atoms with E-state index in [0.29, 0.717) is 37.1 Å². The van der Waals surface area contributed by atoms with E-state index < -0.39 is 121 Å². The number of carbonyl (C=O) groups is 9. The number of aliphatic hydroxyl groups is 1. The highest BCUT2D eigenvalue weighted by Gasteiger charge is 2.36. The molecule has 0 bridgehead atoms. The number of aliphatic carboxylic acids is 1. The summed E-state index contributed by atoms with van der Waals surface area (Å²) in [6, 6.07) is -4.56. The van der Waals surface area contributed by atoms with Crippen LogP contribution in [0.1, 0.15) is 71.3 Å². The summed E-state index contributed by atoms with van der Waals surface area (Å²) in [4.78, 5) is 122. The maximum absolute atomic E-state index is 14.0. The number of unbranched alkanes of at least 4 members (excludes halogenated alkanes) is 1. The lowest BCUT2D eigenvalue weighted by Crippen LogP contribution is -2.62. The largest absolute Gasteiger partial charge is 0.508 e. The van der Waals surface area contributed by atoms with Crippen molar-refractivity contribution in [1.29, 1.82) is 0 Å². The van der Waals surface area contributed by atoms with E-state index in [1.165, 1.54) is 36.0 Å². The van der Waals surface area contributed by atoms with E-state index in [2.05, 4.69) is 42.2 Å². The molecule has 26 heteroatoms. The second kappa shape index (κ2) is 30.9. The summed E-state index contributed by atoms with van der Waals surface area (Å²) >= 11 is 1.34. The standard InChI is InChI=1S/C41H69N13O12S/c1-21(2)32(38(63)50-27(40(65)66)9-7-16-47-41(45)46)53-39(64)33(22(3)55)54-37(62)28(18-23-10-12-24(56)13-11-23)51-36(61)29(19-30(44)57)52-35(60)26(14-17-67-4)49-31(58)20-48-34(59)25(43)8-5-6-15-42/h10-13,21-22,25-29,32-33,55-56H,5-9,14-20,42-43H2,1-4H3,(H2,44,57)(H,48,59)(H,49,58)(H,50,63)(H,51,61)(H,52,60)(H,53,64)(H,54,62)(H,65,66)(H4,45,46,47). The summed E-state index contributed by atoms with van der Waals surface area (Å²) < 4.78 is 0. The zero-order valence-corrected chi connectivity index (χ0v) is 39.1. The van der Waals surface area contributed by atoms with Crippen LogP contribution >= 0.6 is 11.8 Å². The Kier molecular flexibility index (Phi) is 27.1. The van der Waals surface area contributed by atoms with Gasteiger partial charge in [-0.15, -0.1) is 0 Å². The first-order valence-corrected chi connectivity index (χ1v) is 23.0. The van der Waals surface area contributed by atoms with Crippen LogP contribution in [0, 0.1) is 5.92 Å². The lowest BCUT2D eigenvalue weighted by molar-refractivity contribution is -0.143. The first-order chi connectivity index (χ1) is 31.5. The Hall–Kier alpha value is -6.25. The monoisotopic (exact) mass is 967 g/mol. The fraction of sp³-hybridized carbons (Fsp3) is 0.610. The Bertz CT molecular complexity index is 1850. The number of nitrogens with two attached hydrogens (primary N) is 5. The van der Waals surface area contributed by atoms with Gasteiger partial charge in [-0.2, -0.15) is 11.8 Å². The molecule has 0 aliphatic heterocycles. The average Bonchev–Trinajstić information content (AvgIpc) is 3.25. The van der Waals surface area contributed by atoms with Gasteiger partial charge < -0.3 is 81.2 Å². The van der Waals surface area contributed by atoms with E-state index in [1.54, 1.807) is 20.1 Å². The number of phenols is 1. The molecule has 0 fully saturated rings. The van der Waals surface area contributed by atoms with Crippen LogP contribution in [0.4, 0.5) is 0 Å². The van der Waals surface area contributed by atoms with Crippen molar-refractivity contribution in [2.24, 2.45) is 39.6 Å². The van der Waals surface area contributed by atoms with Gasteiger partial charge in [0.05, 0.1) is 25.1 Å². The summed E-state index contributed by atoms with van der Waals surface area (Å²) in [6.45, 7) is 4.26. The van der Waals surface area contributed by atoms with E-state index in [9.17, 15) is 58.5 Å². The van der Waals surface area contributed by atoms with Gasteiger partial charge in [0.25, 0.3) is 0 Å². The third-order valence-electron chi connectivity index (χ3n) is 9.91. The highest BCUT2D eigenvalue weighted by Crippen LogP contribution is 2.13. The van der Waals surface area contributed by atoms with Gasteiger partial charge in [-0.1, -0.05) is 32.4 Å². The Morgan fingerprint density at radius 1 is 0.687 bits per heavy atom. The summed E-state index contributed by atoms with van der Waals surface area (Å²) in [5.74, 6) is -9.39. The molecule has 0 saturated heterocycles. The number of primary amides is 1. The van der Waals surface area contributed by atoms with Gasteiger partial charge in [0.1, 0.15) is 42.0 Å². The maximum atomic E-state index is 14.0. The van der Waals surface area contributed by atoms with Crippen molar-refractivity contribution < 1.29 is 58.5 Å². The molecule has 0 heterocycles. The zero-order valence-electron chi connectivity index (χ0n) is 38.2. The van der Waals surface area contributed by atoms with Gasteiger partial charge >= 0.3 is 5.97 Å². The molecule has 8 amide bonds. The van der Waals surface area contributed by atoms with Crippen LogP contribution in [0.15, 0.2) is 29.3 Å². The third-order valence-corrected chi connectivity index (χ3v) is 10.6. The van der Waals surface area contributed by atoms with Gasteiger partial charge in [0.2, 0.25) is 47.3 Å². The second-order valence-electron chi connectivity index (χ2n) is 16.0. The topological polar surface area (TPSA) is 441 Å². The van der Waals surface area contributed by atoms with Crippen molar-refractivity contribution in [3.05, 3.63) is 29.8 Å². The van der Waals surface area contributed by atoms with Crippen molar-refractivity contribution in [3.63, 3.8) is 0 Å². The second-order valence-corrected chi connectivity index (χ2v) is 17.0. The van der Waals surface area contributed by atoms with E-state index >= 15 is 0 Å². The van der Waals surface area contributed by atoms with Crippen LogP contribution in [0.25, 0.3) is 0 Å². The summed E-state index contributed by atoms with van der Waals surface area (Å²) in [5.41, 5.74) is 27.8. The fourth-order valence-corrected chi connectivity index (χ4v) is 6.65. The van der Waals surface area contributed by atoms with E-state index in [-0.39, 0.29) is 43.9 Å². The number of phenolic OH excluding ortho intramolecular Hbond substituents is 1. The highest BCUT2D eigenvalue weighted by atomic mass is 32.2. The van der Waals surface area contributed by atoms with Gasteiger partial charge in [-0.3, -0.25) is 43.3 Å². The molecule has 8 atom stereocenters. The summed E-state index contributed by atoms with van der Waals surface area (Å²) in [5, 5.41) is 47.2. The SMILES string of the molecule is CSCCC(NC(=O)CNC(=O)C(N)CCCCN)C(=O)NC(CC(N)=O)C(=O)NC(Cc1ccc(O)cc1)C(=O)NC(C(=O)NC(C(=O)NC(CCCN=C(N)N)C(=O)O)C(C)C)C(C)O. The molecule has 1 aromatic rings. The van der Waals surface area contributed by atoms with Crippen molar-refractivity contribution in [2.75, 3.05) is 31.6 Å². The fourth-order valence-electron chi connectivity index (χ4n) is 6.18. The molecule has 0 saturated carbocycles. The Labute approximate surface area is 393 Å². The molecule has 0 spiro atoms. The molecule has 25 nitrogen and oxygen atoms in total. The number of amides is 8. The van der Waals surface area contributed by atoms with Crippen LogP contribution in [-0.2, 0) is 49.6 Å². The summed E-state index contributed by atoms with van der Waals surface area (Å²) in [7, 11) is 0. The number of aromatic hydroxyl groups is 1. The number of aliphatic hydroxyl groups excluding tert-OH is 1. The molecule has 0 aliphatic rings. The number of hydrogen-bond donors (Lipinski definition) is 15. The number of carboxylic acids is 1. The van der Waals surface area contributed by atoms with Gasteiger partial charge in [-0.25, -0.2) is 4.79 Å². The molecule has 1 aromatic carbocycles. The van der Waals surface area contributed by atoms with E-state index in [1.807, 2.05) is 0 Å². The first kappa shape index (κ1) is 58.8. The summed E-state index contributed by atoms with van der Waals surface area (Å²) in [6.07, 6.45) is 0.805. The number of guanidine groups is 1. The molecule has 20 N–H and O–H groups in total. The number of thioether (sulfide) groups is 1. The number of hydrogen-bond acceptors (Lipinski definition) is 15. The van der Waals surface area contributed by atoms with Crippen LogP contribution in [-0.4, -0.2) is 155 Å². The van der Waals surface area contributed by atoms with Crippen LogP contribution in [0.3, 0.4) is 0 Å². The molecule has 8 unspecified atom stereocenters. The van der Waals surface area contributed by atoms with Crippen molar-refractivity contribution in [3.8, 4) is 5.75 Å². The lowest BCUT2D eigenvalue weighted by atomic mass is 10.0. The van der Waals surface area contributed by atoms with Gasteiger partial charge in [-0.05, 0) is 81.2 Å². The van der Waals surface area contributed by atoms with E-state index in [4.69, 9.17) is 28.7 Å². The minimum Gasteiger partial charge on any atom is -0.508 e. The number of aliphatic imine (C=N–C) groups is 1. The van der Waals surface area contributed by atoms with Crippen LogP contribution < -0.4 is 65.9 Å². The molecule has 376 valence electrons. The molecular formula is C41H69N13O12S. The minimum absolute atomic E-state index is 0.0467. The van der Waals surface area contributed by atoms with Gasteiger partial charge in [0, 0.05) is 13.0 Å². The number of carboxylic acid groups (broad SMARTS) is 1. The lowest BCUT2D eigenvalue weighted by Gasteiger charge is -2.29. The maximum Gasteiger partial charge on any atom is 0.326 e. The molecular weight excluding hydrogens is 899 g/mol. The van der Waals surface area contributed by atoms with Crippen LogP contribution in [0.2, 0.25) is 0 Å². The predicted octanol–water partition coefficient (Wildman–Crippen LogP) is -4.78. The number of carbonyl (C=O) groups excluding carboxylic acids is 8. The molecule has 67 heavy (non-hydrogen) atoms. The molecule has 1 rings (SSSR count). The number of rotatable bonds is 32. The zero-order chi connectivity index (χ0) is 50.8. The van der Waals surface area contributed by atoms with Gasteiger partial charge in [0.15, 0.2) is 5.96 Å². The Morgan fingerprint density at radius 2 is 1.25 bits per heavy atom. The molecule has 0 aromatic heterocycles. The first-order valence-electron chi connectivity index (χ1n) is 21.6. The van der Waals surface area contributed by atoms with Crippen molar-refractivity contribution in [2.45, 2.75) is 121 Å². The van der Waals surface area contributed by atoms with E-state index in [0.717, 1.165) is 6.92 Å². The normalized spacial score (nSPS) is 14.6. The molecule has 0 aliphatic carbocycles. The quantitative estimate of drug-likeness (QED) is 0.0183. The Morgan fingerprint density at radius 3 is 1.81 bits per heavy atom. The highest BCUT2D eigenvalue weighted by molar-refractivity contribution is 7.98. The number of nitrogens with one attached hydrogen (secondary N) is 7. The number of benzene rings is 1. The smallest absolute Gasteiger partial charge is 0.326 e. The molecule has 0 radical (unpaired) electrons. The average molecular weight is 968 g/mol. The third kappa shape index (κ3) is 23.2. The van der Waals surface area contributed by atoms with Crippen molar-refractivity contribution in [1.82, 2.24) is 37.2 Å². The van der Waals surface area contributed by atoms with Crippen molar-refractivity contribution >= 4 is 70.9 Å².